The fourth-order valence-corrected chi connectivity index (χ4v) is 7.27. The standard InChI is InChI=1S/C22H32O2/c1-13-11-19-17-6-5-15-12-16(24)7-9-21(15,3)18(17)8-10-22(19,4)20(13)14(2)23/h5,16-19,24H,6-12H2,1-4H3/t16-,17-,18+,19+,21+,22-/m1/s1. The van der Waals surface area contributed by atoms with Gasteiger partial charge in [0.05, 0.1) is 6.10 Å². The first-order valence-electron chi connectivity index (χ1n) is 9.86. The quantitative estimate of drug-likeness (QED) is 0.700. The van der Waals surface area contributed by atoms with Gasteiger partial charge in [-0.2, -0.15) is 0 Å². The van der Waals surface area contributed by atoms with E-state index in [0.717, 1.165) is 50.0 Å². The molecule has 2 heteroatoms. The minimum atomic E-state index is -0.130. The summed E-state index contributed by atoms with van der Waals surface area (Å²) in [5, 5.41) is 10.1. The van der Waals surface area contributed by atoms with Crippen molar-refractivity contribution in [1.82, 2.24) is 0 Å². The van der Waals surface area contributed by atoms with Gasteiger partial charge in [0.15, 0.2) is 5.78 Å². The molecule has 4 aliphatic rings. The summed E-state index contributed by atoms with van der Waals surface area (Å²) in [5.74, 6) is 2.38. The van der Waals surface area contributed by atoms with Crippen molar-refractivity contribution < 1.29 is 9.90 Å². The maximum Gasteiger partial charge on any atom is 0.156 e. The van der Waals surface area contributed by atoms with Crippen LogP contribution in [0.25, 0.3) is 0 Å². The lowest BCUT2D eigenvalue weighted by molar-refractivity contribution is -0.115. The monoisotopic (exact) mass is 328 g/mol. The Balaban J connectivity index is 1.70. The molecule has 0 aliphatic heterocycles. The van der Waals surface area contributed by atoms with E-state index in [0.29, 0.717) is 17.6 Å². The summed E-state index contributed by atoms with van der Waals surface area (Å²) in [4.78, 5) is 12.3. The molecule has 0 saturated heterocycles. The first-order chi connectivity index (χ1) is 11.3. The van der Waals surface area contributed by atoms with E-state index in [9.17, 15) is 9.90 Å². The molecule has 2 saturated carbocycles. The molecule has 0 bridgehead atoms. The highest BCUT2D eigenvalue weighted by Crippen LogP contribution is 2.65. The van der Waals surface area contributed by atoms with Gasteiger partial charge < -0.3 is 5.11 Å². The number of aliphatic hydroxyl groups is 1. The van der Waals surface area contributed by atoms with E-state index in [4.69, 9.17) is 0 Å². The van der Waals surface area contributed by atoms with Crippen LogP contribution >= 0.6 is 0 Å². The van der Waals surface area contributed by atoms with Gasteiger partial charge in [-0.15, -0.1) is 0 Å². The van der Waals surface area contributed by atoms with E-state index in [1.54, 1.807) is 6.92 Å². The Kier molecular flexibility index (Phi) is 3.66. The average molecular weight is 328 g/mol. The number of carbonyl (C=O) groups is 1. The minimum Gasteiger partial charge on any atom is -0.393 e. The van der Waals surface area contributed by atoms with Crippen molar-refractivity contribution in [2.24, 2.45) is 28.6 Å². The van der Waals surface area contributed by atoms with Crippen LogP contribution in [-0.4, -0.2) is 17.0 Å². The molecule has 0 spiro atoms. The molecule has 1 N–H and O–H groups in total. The van der Waals surface area contributed by atoms with Gasteiger partial charge in [-0.1, -0.05) is 31.1 Å². The van der Waals surface area contributed by atoms with Gasteiger partial charge in [-0.05, 0) is 93.0 Å². The Bertz CT molecular complexity index is 642. The van der Waals surface area contributed by atoms with E-state index >= 15 is 0 Å². The largest absolute Gasteiger partial charge is 0.393 e. The molecule has 4 rings (SSSR count). The summed E-state index contributed by atoms with van der Waals surface area (Å²) in [6.07, 6.45) is 9.99. The molecule has 6 atom stereocenters. The second-order valence-electron chi connectivity index (χ2n) is 9.53. The van der Waals surface area contributed by atoms with Crippen LogP contribution in [0.3, 0.4) is 0 Å². The predicted octanol–water partition coefficient (Wildman–Crippen LogP) is 4.83. The molecule has 2 nitrogen and oxygen atoms in total. The topological polar surface area (TPSA) is 37.3 Å². The Hall–Kier alpha value is -0.890. The smallest absolute Gasteiger partial charge is 0.156 e. The molecule has 2 fully saturated rings. The molecule has 0 unspecified atom stereocenters. The van der Waals surface area contributed by atoms with Crippen LogP contribution in [0, 0.1) is 28.6 Å². The zero-order chi connectivity index (χ0) is 17.3. The zero-order valence-electron chi connectivity index (χ0n) is 15.7. The Labute approximate surface area is 146 Å². The summed E-state index contributed by atoms with van der Waals surface area (Å²) in [6, 6.07) is 0. The normalized spacial score (nSPS) is 47.6. The van der Waals surface area contributed by atoms with E-state index < -0.39 is 0 Å². The molecule has 0 aromatic rings. The highest BCUT2D eigenvalue weighted by molar-refractivity contribution is 5.96. The van der Waals surface area contributed by atoms with Crippen molar-refractivity contribution >= 4 is 5.78 Å². The van der Waals surface area contributed by atoms with Gasteiger partial charge in [0.1, 0.15) is 0 Å². The lowest BCUT2D eigenvalue weighted by Crippen LogP contribution is -2.50. The predicted molar refractivity (Wildman–Crippen MR) is 96.5 cm³/mol. The Morgan fingerprint density at radius 1 is 1.12 bits per heavy atom. The molecule has 0 aromatic heterocycles. The molecule has 0 heterocycles. The van der Waals surface area contributed by atoms with Crippen molar-refractivity contribution in [1.29, 1.82) is 0 Å². The van der Waals surface area contributed by atoms with Crippen LogP contribution in [0.15, 0.2) is 22.8 Å². The number of rotatable bonds is 1. The van der Waals surface area contributed by atoms with Crippen LogP contribution in [0.2, 0.25) is 0 Å². The van der Waals surface area contributed by atoms with Crippen molar-refractivity contribution in [3.8, 4) is 0 Å². The molecular weight excluding hydrogens is 296 g/mol. The van der Waals surface area contributed by atoms with Gasteiger partial charge in [0.2, 0.25) is 0 Å². The maximum absolute atomic E-state index is 12.3. The fraction of sp³-hybridized carbons (Fsp3) is 0.773. The number of aliphatic hydroxyl groups excluding tert-OH is 1. The van der Waals surface area contributed by atoms with Gasteiger partial charge in [-0.25, -0.2) is 0 Å². The molecule has 0 aromatic carbocycles. The maximum atomic E-state index is 12.3. The number of allylic oxidation sites excluding steroid dienone is 3. The van der Waals surface area contributed by atoms with Gasteiger partial charge in [-0.3, -0.25) is 4.79 Å². The van der Waals surface area contributed by atoms with E-state index in [1.165, 1.54) is 17.6 Å². The van der Waals surface area contributed by atoms with E-state index in [2.05, 4.69) is 26.8 Å². The summed E-state index contributed by atoms with van der Waals surface area (Å²) in [7, 11) is 0. The van der Waals surface area contributed by atoms with Gasteiger partial charge in [0, 0.05) is 0 Å². The van der Waals surface area contributed by atoms with Crippen molar-refractivity contribution in [3.05, 3.63) is 22.8 Å². The van der Waals surface area contributed by atoms with Crippen LogP contribution in [0.5, 0.6) is 0 Å². The van der Waals surface area contributed by atoms with Crippen molar-refractivity contribution in [2.45, 2.75) is 78.7 Å². The minimum absolute atomic E-state index is 0.104. The van der Waals surface area contributed by atoms with Crippen molar-refractivity contribution in [2.75, 3.05) is 0 Å². The second kappa shape index (κ2) is 5.30. The summed E-state index contributed by atoms with van der Waals surface area (Å²) in [6.45, 7) is 8.79. The second-order valence-corrected chi connectivity index (χ2v) is 9.53. The third-order valence-electron chi connectivity index (χ3n) is 8.34. The zero-order valence-corrected chi connectivity index (χ0v) is 15.7. The average Bonchev–Trinajstić information content (AvgIpc) is 2.78. The van der Waals surface area contributed by atoms with Crippen LogP contribution in [-0.2, 0) is 4.79 Å². The SMILES string of the molecule is CC(=O)C1=C(C)C[C@H]2[C@@H]3CC=C4C[C@H](O)CC[C@]4(C)[C@H]3CC[C@@]12C. The number of hydrogen-bond donors (Lipinski definition) is 1. The lowest BCUT2D eigenvalue weighted by Gasteiger charge is -2.57. The number of hydrogen-bond acceptors (Lipinski definition) is 2. The Morgan fingerprint density at radius 2 is 1.83 bits per heavy atom. The molecule has 132 valence electrons. The first-order valence-corrected chi connectivity index (χ1v) is 9.86. The highest BCUT2D eigenvalue weighted by atomic mass is 16.3. The van der Waals surface area contributed by atoms with Crippen molar-refractivity contribution in [3.63, 3.8) is 0 Å². The van der Waals surface area contributed by atoms with E-state index in [-0.39, 0.29) is 16.9 Å². The van der Waals surface area contributed by atoms with E-state index in [1.807, 2.05) is 0 Å². The molecule has 4 aliphatic carbocycles. The van der Waals surface area contributed by atoms with Gasteiger partial charge >= 0.3 is 0 Å². The molecule has 0 amide bonds. The lowest BCUT2D eigenvalue weighted by atomic mass is 9.47. The summed E-state index contributed by atoms with van der Waals surface area (Å²) >= 11 is 0. The highest BCUT2D eigenvalue weighted by Gasteiger charge is 2.58. The number of Topliss-reactive ketones (excluding diaryl/α,β-unsaturated/α-hetero) is 1. The van der Waals surface area contributed by atoms with Crippen LogP contribution < -0.4 is 0 Å². The Morgan fingerprint density at radius 3 is 2.54 bits per heavy atom. The third-order valence-corrected chi connectivity index (χ3v) is 8.34. The molecule has 24 heavy (non-hydrogen) atoms. The third kappa shape index (κ3) is 2.08. The van der Waals surface area contributed by atoms with Crippen LogP contribution in [0.4, 0.5) is 0 Å². The first kappa shape index (κ1) is 16.6. The fourth-order valence-electron chi connectivity index (χ4n) is 7.27. The van der Waals surface area contributed by atoms with Crippen LogP contribution in [0.1, 0.15) is 72.6 Å². The number of carbonyl (C=O) groups excluding carboxylic acids is 1. The van der Waals surface area contributed by atoms with Gasteiger partial charge in [0.25, 0.3) is 0 Å². The summed E-state index contributed by atoms with van der Waals surface area (Å²) in [5.41, 5.74) is 4.43. The number of fused-ring (bicyclic) bond motifs is 5. The molecule has 0 radical (unpaired) electrons. The number of ketones is 1. The molecular formula is C22H32O2. The summed E-state index contributed by atoms with van der Waals surface area (Å²) < 4.78 is 0.